The Balaban J connectivity index is 2.06. The van der Waals surface area contributed by atoms with Crippen molar-refractivity contribution in [2.24, 2.45) is 0 Å². The molecule has 0 heteroatoms. The zero-order chi connectivity index (χ0) is 14.4. The molecule has 102 valence electrons. The average Bonchev–Trinajstić information content (AvgIpc) is 2.82. The Morgan fingerprint density at radius 3 is 2.33 bits per heavy atom. The van der Waals surface area contributed by atoms with E-state index in [-0.39, 0.29) is 0 Å². The molecular formula is C21H18. The molecule has 0 saturated heterocycles. The third-order valence-electron chi connectivity index (χ3n) is 4.70. The smallest absolute Gasteiger partial charge is 0.00577 e. The minimum Gasteiger partial charge on any atom is -0.0654 e. The Hall–Kier alpha value is -2.34. The molecule has 21 heavy (non-hydrogen) atoms. The molecule has 0 radical (unpaired) electrons. The minimum absolute atomic E-state index is 1.10. The van der Waals surface area contributed by atoms with Crippen LogP contribution < -0.4 is 0 Å². The molecule has 0 spiro atoms. The van der Waals surface area contributed by atoms with Gasteiger partial charge < -0.3 is 0 Å². The highest BCUT2D eigenvalue weighted by molar-refractivity contribution is 6.00. The van der Waals surface area contributed by atoms with E-state index in [0.29, 0.717) is 0 Å². The zero-order valence-electron chi connectivity index (χ0n) is 12.5. The van der Waals surface area contributed by atoms with Crippen molar-refractivity contribution in [3.05, 3.63) is 77.4 Å². The van der Waals surface area contributed by atoms with E-state index in [2.05, 4.69) is 74.5 Å². The van der Waals surface area contributed by atoms with Crippen LogP contribution in [-0.2, 0) is 6.42 Å². The molecule has 0 aromatic heterocycles. The van der Waals surface area contributed by atoms with Gasteiger partial charge in [0.1, 0.15) is 0 Å². The van der Waals surface area contributed by atoms with Crippen molar-refractivity contribution in [3.63, 3.8) is 0 Å². The first-order valence-corrected chi connectivity index (χ1v) is 7.52. The summed E-state index contributed by atoms with van der Waals surface area (Å²) in [7, 11) is 0. The Kier molecular flexibility index (Phi) is 2.71. The lowest BCUT2D eigenvalue weighted by Crippen LogP contribution is -1.90. The molecule has 0 aliphatic heterocycles. The molecule has 0 amide bonds. The summed E-state index contributed by atoms with van der Waals surface area (Å²) < 4.78 is 0. The monoisotopic (exact) mass is 270 g/mol. The highest BCUT2D eigenvalue weighted by atomic mass is 14.2. The Bertz CT molecular complexity index is 876. The Labute approximate surface area is 125 Å². The molecule has 0 unspecified atom stereocenters. The van der Waals surface area contributed by atoms with E-state index in [9.17, 15) is 0 Å². The number of fused-ring (bicyclic) bond motifs is 2. The van der Waals surface area contributed by atoms with Crippen molar-refractivity contribution >= 4 is 16.3 Å². The number of hydrogen-bond donors (Lipinski definition) is 0. The van der Waals surface area contributed by atoms with Gasteiger partial charge in [-0.05, 0) is 58.9 Å². The Morgan fingerprint density at radius 1 is 0.714 bits per heavy atom. The van der Waals surface area contributed by atoms with Gasteiger partial charge in [0.2, 0.25) is 0 Å². The van der Waals surface area contributed by atoms with Crippen molar-refractivity contribution in [2.45, 2.75) is 20.3 Å². The van der Waals surface area contributed by atoms with Gasteiger partial charge in [-0.25, -0.2) is 0 Å². The maximum absolute atomic E-state index is 2.27. The van der Waals surface area contributed by atoms with Gasteiger partial charge in [-0.1, -0.05) is 66.2 Å². The van der Waals surface area contributed by atoms with Gasteiger partial charge >= 0.3 is 0 Å². The van der Waals surface area contributed by atoms with E-state index in [1.165, 1.54) is 44.2 Å². The number of rotatable bonds is 1. The molecule has 0 saturated carbocycles. The van der Waals surface area contributed by atoms with Crippen LogP contribution in [0.3, 0.4) is 0 Å². The first-order valence-electron chi connectivity index (χ1n) is 7.52. The van der Waals surface area contributed by atoms with Crippen LogP contribution in [0.1, 0.15) is 25.0 Å². The summed E-state index contributed by atoms with van der Waals surface area (Å²) in [6, 6.07) is 22.0. The second-order valence-electron chi connectivity index (χ2n) is 5.95. The number of allylic oxidation sites excluding steroid dienone is 2. The van der Waals surface area contributed by atoms with Gasteiger partial charge in [-0.15, -0.1) is 0 Å². The Morgan fingerprint density at radius 2 is 1.43 bits per heavy atom. The van der Waals surface area contributed by atoms with Crippen molar-refractivity contribution in [1.82, 2.24) is 0 Å². The predicted molar refractivity (Wildman–Crippen MR) is 91.4 cm³/mol. The van der Waals surface area contributed by atoms with Gasteiger partial charge in [0, 0.05) is 0 Å². The lowest BCUT2D eigenvalue weighted by molar-refractivity contribution is 1.19. The van der Waals surface area contributed by atoms with Crippen molar-refractivity contribution in [3.8, 4) is 11.1 Å². The van der Waals surface area contributed by atoms with Gasteiger partial charge in [-0.2, -0.15) is 0 Å². The van der Waals surface area contributed by atoms with Crippen LogP contribution in [0.2, 0.25) is 0 Å². The highest BCUT2D eigenvalue weighted by Crippen LogP contribution is 2.41. The van der Waals surface area contributed by atoms with E-state index in [1.54, 1.807) is 0 Å². The molecule has 0 heterocycles. The maximum Gasteiger partial charge on any atom is -0.00577 e. The fourth-order valence-electron chi connectivity index (χ4n) is 3.51. The predicted octanol–water partition coefficient (Wildman–Crippen LogP) is 5.86. The van der Waals surface area contributed by atoms with E-state index in [1.807, 2.05) is 0 Å². The molecule has 4 rings (SSSR count). The molecule has 3 aromatic rings. The van der Waals surface area contributed by atoms with Crippen LogP contribution in [0, 0.1) is 0 Å². The lowest BCUT2D eigenvalue weighted by Gasteiger charge is -2.13. The van der Waals surface area contributed by atoms with Crippen LogP contribution in [-0.4, -0.2) is 0 Å². The summed E-state index contributed by atoms with van der Waals surface area (Å²) >= 11 is 0. The normalized spacial score (nSPS) is 13.8. The average molecular weight is 270 g/mol. The van der Waals surface area contributed by atoms with Gasteiger partial charge in [0.15, 0.2) is 0 Å². The van der Waals surface area contributed by atoms with Crippen LogP contribution in [0.4, 0.5) is 0 Å². The van der Waals surface area contributed by atoms with E-state index in [0.717, 1.165) is 6.42 Å². The second kappa shape index (κ2) is 4.60. The molecule has 1 aliphatic rings. The van der Waals surface area contributed by atoms with Gasteiger partial charge in [0.25, 0.3) is 0 Å². The van der Waals surface area contributed by atoms with E-state index in [4.69, 9.17) is 0 Å². The number of hydrogen-bond acceptors (Lipinski definition) is 0. The lowest BCUT2D eigenvalue weighted by atomic mass is 9.91. The zero-order valence-corrected chi connectivity index (χ0v) is 12.5. The second-order valence-corrected chi connectivity index (χ2v) is 5.95. The topological polar surface area (TPSA) is 0 Å². The molecule has 0 atom stereocenters. The molecular weight excluding hydrogens is 252 g/mol. The molecule has 3 aromatic carbocycles. The van der Waals surface area contributed by atoms with Crippen LogP contribution >= 0.6 is 0 Å². The highest BCUT2D eigenvalue weighted by Gasteiger charge is 2.20. The minimum atomic E-state index is 1.10. The fraction of sp³-hybridized carbons (Fsp3) is 0.143. The summed E-state index contributed by atoms with van der Waals surface area (Å²) in [4.78, 5) is 0. The molecule has 1 aliphatic carbocycles. The maximum atomic E-state index is 2.27. The van der Waals surface area contributed by atoms with E-state index >= 15 is 0 Å². The third kappa shape index (κ3) is 1.83. The molecule has 0 bridgehead atoms. The molecule has 0 N–H and O–H groups in total. The first-order chi connectivity index (χ1) is 10.3. The van der Waals surface area contributed by atoms with Gasteiger partial charge in [-0.3, -0.25) is 0 Å². The third-order valence-corrected chi connectivity index (χ3v) is 4.70. The summed E-state index contributed by atoms with van der Waals surface area (Å²) in [5.74, 6) is 0. The SMILES string of the molecule is CC1=C(C)c2c(cccc2-c2cccc3ccccc23)C1. The molecule has 0 nitrogen and oxygen atoms in total. The largest absolute Gasteiger partial charge is 0.0654 e. The quantitative estimate of drug-likeness (QED) is 0.520. The van der Waals surface area contributed by atoms with Gasteiger partial charge in [0.05, 0.1) is 0 Å². The summed E-state index contributed by atoms with van der Waals surface area (Å²) in [5, 5.41) is 2.65. The molecule has 0 fully saturated rings. The van der Waals surface area contributed by atoms with Crippen molar-refractivity contribution in [2.75, 3.05) is 0 Å². The van der Waals surface area contributed by atoms with Crippen molar-refractivity contribution < 1.29 is 0 Å². The van der Waals surface area contributed by atoms with Crippen LogP contribution in [0.25, 0.3) is 27.5 Å². The number of benzene rings is 3. The summed E-state index contributed by atoms with van der Waals surface area (Å²) in [6.07, 6.45) is 1.10. The fourth-order valence-corrected chi connectivity index (χ4v) is 3.51. The first kappa shape index (κ1) is 12.4. The van der Waals surface area contributed by atoms with Crippen LogP contribution in [0.5, 0.6) is 0 Å². The van der Waals surface area contributed by atoms with Crippen LogP contribution in [0.15, 0.2) is 66.2 Å². The van der Waals surface area contributed by atoms with E-state index < -0.39 is 0 Å². The summed E-state index contributed by atoms with van der Waals surface area (Å²) in [6.45, 7) is 4.51. The standard InChI is InChI=1S/C21H18/c1-14-13-17-9-6-12-20(21(17)15(14)2)19-11-5-8-16-7-3-4-10-18(16)19/h3-12H,13H2,1-2H3. The summed E-state index contributed by atoms with van der Waals surface area (Å²) in [5.41, 5.74) is 8.59. The van der Waals surface area contributed by atoms with Crippen molar-refractivity contribution in [1.29, 1.82) is 0 Å².